The summed E-state index contributed by atoms with van der Waals surface area (Å²) in [6, 6.07) is 2.24. The molecule has 0 saturated carbocycles. The summed E-state index contributed by atoms with van der Waals surface area (Å²) in [4.78, 5) is 32.5. The third-order valence-corrected chi connectivity index (χ3v) is 5.06. The molecule has 0 radical (unpaired) electrons. The van der Waals surface area contributed by atoms with Crippen LogP contribution in [0.25, 0.3) is 0 Å². The van der Waals surface area contributed by atoms with Crippen molar-refractivity contribution in [1.29, 1.82) is 0 Å². The predicted molar refractivity (Wildman–Crippen MR) is 93.3 cm³/mol. The minimum Gasteiger partial charge on any atom is -0.353 e. The number of hydrogen-bond acceptors (Lipinski definition) is 4. The van der Waals surface area contributed by atoms with E-state index in [-0.39, 0.29) is 32.6 Å². The van der Waals surface area contributed by atoms with Gasteiger partial charge in [-0.1, -0.05) is 6.58 Å². The number of piperazine rings is 1. The Morgan fingerprint density at radius 1 is 1.11 bits per heavy atom. The first-order valence-electron chi connectivity index (χ1n) is 8.82. The van der Waals surface area contributed by atoms with Gasteiger partial charge in [-0.3, -0.25) is 9.59 Å². The topological polar surface area (TPSA) is 56.8 Å². The normalized spacial score (nSPS) is 23.1. The lowest BCUT2D eigenvalue weighted by Crippen LogP contribution is -2.55. The highest BCUT2D eigenvalue weighted by Crippen LogP contribution is 2.31. The summed E-state index contributed by atoms with van der Waals surface area (Å²) in [5.41, 5.74) is -2.95. The number of hydrogen-bond donors (Lipinski definition) is 0. The van der Waals surface area contributed by atoms with Crippen LogP contribution < -0.4 is 4.90 Å². The zero-order chi connectivity index (χ0) is 20.5. The highest BCUT2D eigenvalue weighted by Gasteiger charge is 2.48. The number of rotatable bonds is 3. The third-order valence-electron chi connectivity index (χ3n) is 5.06. The Morgan fingerprint density at radius 3 is 2.32 bits per heavy atom. The van der Waals surface area contributed by atoms with Crippen LogP contribution in [0.5, 0.6) is 0 Å². The Bertz CT molecular complexity index is 760. The van der Waals surface area contributed by atoms with Crippen LogP contribution in [0.4, 0.5) is 23.4 Å². The molecule has 1 aromatic heterocycles. The van der Waals surface area contributed by atoms with Gasteiger partial charge in [0, 0.05) is 45.3 Å². The molecule has 1 atom stereocenters. The molecule has 152 valence electrons. The molecule has 0 bridgehead atoms. The molecule has 1 unspecified atom stereocenters. The van der Waals surface area contributed by atoms with Crippen LogP contribution in [0.1, 0.15) is 12.0 Å². The van der Waals surface area contributed by atoms with E-state index >= 15 is 4.39 Å². The second-order valence-electron chi connectivity index (χ2n) is 6.86. The van der Waals surface area contributed by atoms with E-state index in [4.69, 9.17) is 0 Å². The molecule has 10 heteroatoms. The molecule has 2 amide bonds. The molecule has 6 nitrogen and oxygen atoms in total. The van der Waals surface area contributed by atoms with Gasteiger partial charge in [-0.15, -0.1) is 0 Å². The number of nitrogens with zero attached hydrogens (tertiary/aromatic N) is 4. The molecule has 3 heterocycles. The second kappa shape index (κ2) is 7.40. The van der Waals surface area contributed by atoms with E-state index in [0.29, 0.717) is 18.9 Å². The molecule has 2 saturated heterocycles. The standard InChI is InChI=1S/C18H20F4N4O2/c1-2-15(27)26-6-5-17(19,12-26)16(28)25-9-7-24(8-10-25)14-4-3-13(11-23-14)18(20,21)22/h2-4,11H,1,5-10,12H2. The predicted octanol–water partition coefficient (Wildman–Crippen LogP) is 1.88. The van der Waals surface area contributed by atoms with Gasteiger partial charge in [0.05, 0.1) is 12.1 Å². The van der Waals surface area contributed by atoms with Gasteiger partial charge in [0.2, 0.25) is 11.6 Å². The number of amides is 2. The highest BCUT2D eigenvalue weighted by molar-refractivity contribution is 5.91. The number of alkyl halides is 4. The van der Waals surface area contributed by atoms with Crippen LogP contribution in [-0.2, 0) is 15.8 Å². The minimum atomic E-state index is -4.45. The molecule has 28 heavy (non-hydrogen) atoms. The van der Waals surface area contributed by atoms with Crippen LogP contribution in [0, 0.1) is 0 Å². The van der Waals surface area contributed by atoms with Gasteiger partial charge in [-0.25, -0.2) is 9.37 Å². The Kier molecular flexibility index (Phi) is 5.31. The van der Waals surface area contributed by atoms with E-state index in [0.717, 1.165) is 18.3 Å². The Labute approximate surface area is 159 Å². The average molecular weight is 400 g/mol. The van der Waals surface area contributed by atoms with Gasteiger partial charge < -0.3 is 14.7 Å². The fourth-order valence-corrected chi connectivity index (χ4v) is 3.43. The van der Waals surface area contributed by atoms with Crippen molar-refractivity contribution in [3.05, 3.63) is 36.5 Å². The summed E-state index contributed by atoms with van der Waals surface area (Å²) in [5, 5.41) is 0. The molecular formula is C18H20F4N4O2. The molecule has 2 aliphatic rings. The quantitative estimate of drug-likeness (QED) is 0.574. The molecule has 2 fully saturated rings. The van der Waals surface area contributed by atoms with Crippen molar-refractivity contribution in [2.75, 3.05) is 44.2 Å². The van der Waals surface area contributed by atoms with Crippen LogP contribution >= 0.6 is 0 Å². The number of carbonyl (C=O) groups excluding carboxylic acids is 2. The summed E-state index contributed by atoms with van der Waals surface area (Å²) in [6.07, 6.45) is -2.65. The number of carbonyl (C=O) groups is 2. The van der Waals surface area contributed by atoms with Gasteiger partial charge >= 0.3 is 6.18 Å². The first kappa shape index (κ1) is 20.1. The maximum absolute atomic E-state index is 15.1. The molecule has 1 aromatic rings. The molecular weight excluding hydrogens is 380 g/mol. The van der Waals surface area contributed by atoms with Gasteiger partial charge in [-0.2, -0.15) is 13.2 Å². The number of anilines is 1. The maximum Gasteiger partial charge on any atom is 0.417 e. The molecule has 0 spiro atoms. The van der Waals surface area contributed by atoms with Crippen molar-refractivity contribution in [3.63, 3.8) is 0 Å². The van der Waals surface area contributed by atoms with E-state index in [1.807, 2.05) is 0 Å². The van der Waals surface area contributed by atoms with Crippen molar-refractivity contribution < 1.29 is 27.2 Å². The summed E-state index contributed by atoms with van der Waals surface area (Å²) in [7, 11) is 0. The van der Waals surface area contributed by atoms with Crippen molar-refractivity contribution in [3.8, 4) is 0 Å². The van der Waals surface area contributed by atoms with Crippen LogP contribution in [0.2, 0.25) is 0 Å². The van der Waals surface area contributed by atoms with Crippen molar-refractivity contribution in [1.82, 2.24) is 14.8 Å². The molecule has 2 aliphatic heterocycles. The van der Waals surface area contributed by atoms with E-state index < -0.39 is 29.2 Å². The molecule has 0 N–H and O–H groups in total. The Morgan fingerprint density at radius 2 is 1.79 bits per heavy atom. The lowest BCUT2D eigenvalue weighted by molar-refractivity contribution is -0.144. The monoisotopic (exact) mass is 400 g/mol. The van der Waals surface area contributed by atoms with Crippen LogP contribution in [0.15, 0.2) is 31.0 Å². The average Bonchev–Trinajstić information content (AvgIpc) is 3.10. The zero-order valence-corrected chi connectivity index (χ0v) is 15.1. The molecule has 0 aliphatic carbocycles. The number of pyridine rings is 1. The largest absolute Gasteiger partial charge is 0.417 e. The summed E-state index contributed by atoms with van der Waals surface area (Å²) in [6.45, 7) is 4.33. The van der Waals surface area contributed by atoms with E-state index in [9.17, 15) is 22.8 Å². The molecule has 3 rings (SSSR count). The molecule has 0 aromatic carbocycles. The third kappa shape index (κ3) is 3.95. The zero-order valence-electron chi connectivity index (χ0n) is 15.1. The Hall–Kier alpha value is -2.65. The smallest absolute Gasteiger partial charge is 0.353 e. The fraction of sp³-hybridized carbons (Fsp3) is 0.500. The summed E-state index contributed by atoms with van der Waals surface area (Å²) in [5.74, 6) is -0.698. The Balaban J connectivity index is 1.58. The van der Waals surface area contributed by atoms with Gasteiger partial charge in [-0.05, 0) is 18.2 Å². The first-order valence-corrected chi connectivity index (χ1v) is 8.82. The first-order chi connectivity index (χ1) is 13.1. The van der Waals surface area contributed by atoms with Crippen molar-refractivity contribution in [2.24, 2.45) is 0 Å². The fourth-order valence-electron chi connectivity index (χ4n) is 3.43. The number of halogens is 4. The van der Waals surface area contributed by atoms with Crippen LogP contribution in [0.3, 0.4) is 0 Å². The minimum absolute atomic E-state index is 0.0634. The van der Waals surface area contributed by atoms with Crippen molar-refractivity contribution in [2.45, 2.75) is 18.3 Å². The number of likely N-dealkylation sites (tertiary alicyclic amines) is 1. The SMILES string of the molecule is C=CC(=O)N1CCC(F)(C(=O)N2CCN(c3ccc(C(F)(F)F)cn3)CC2)C1. The van der Waals surface area contributed by atoms with E-state index in [1.165, 1.54) is 15.9 Å². The van der Waals surface area contributed by atoms with E-state index in [2.05, 4.69) is 11.6 Å². The maximum atomic E-state index is 15.1. The highest BCUT2D eigenvalue weighted by atomic mass is 19.4. The van der Waals surface area contributed by atoms with E-state index in [1.54, 1.807) is 4.90 Å². The van der Waals surface area contributed by atoms with Crippen LogP contribution in [-0.4, -0.2) is 71.5 Å². The lowest BCUT2D eigenvalue weighted by Gasteiger charge is -2.37. The number of aromatic nitrogens is 1. The summed E-state index contributed by atoms with van der Waals surface area (Å²) < 4.78 is 52.9. The van der Waals surface area contributed by atoms with Crippen molar-refractivity contribution >= 4 is 17.6 Å². The van der Waals surface area contributed by atoms with Gasteiger partial charge in [0.1, 0.15) is 5.82 Å². The summed E-state index contributed by atoms with van der Waals surface area (Å²) >= 11 is 0. The van der Waals surface area contributed by atoms with Gasteiger partial charge in [0.25, 0.3) is 5.91 Å². The van der Waals surface area contributed by atoms with Gasteiger partial charge in [0.15, 0.2) is 0 Å². The lowest BCUT2D eigenvalue weighted by atomic mass is 10.0. The second-order valence-corrected chi connectivity index (χ2v) is 6.86.